The third-order valence-electron chi connectivity index (χ3n) is 3.73. The Hall–Kier alpha value is -2.58. The quantitative estimate of drug-likeness (QED) is 0.644. The maximum absolute atomic E-state index is 12.2. The van der Waals surface area contributed by atoms with Gasteiger partial charge in [-0.3, -0.25) is 19.7 Å². The Kier molecular flexibility index (Phi) is 4.65. The van der Waals surface area contributed by atoms with Crippen molar-refractivity contribution < 1.29 is 18.9 Å². The number of halogens is 2. The maximum Gasteiger partial charge on any atom is 0.433 e. The average molecular weight is 384 g/mol. The lowest BCUT2D eigenvalue weighted by Gasteiger charge is -2.37. The molecule has 0 atom stereocenters. The topological polar surface area (TPSA) is 106 Å². The second-order valence-corrected chi connectivity index (χ2v) is 6.18. The number of carbonyl (C=O) groups is 2. The number of nitro groups is 1. The van der Waals surface area contributed by atoms with Crippen LogP contribution in [0.5, 0.6) is 0 Å². The standard InChI is InChI=1S/C15H11Cl2N3O5/c16-9-2-1-3-10(13(9)17)18-14(21)8-6-19(7-8)15(22)11-4-5-12(25-11)20(23)24/h1-5,8H,6-7H2,(H,18,21). The molecule has 3 rings (SSSR count). The van der Waals surface area contributed by atoms with Crippen molar-refractivity contribution in [1.82, 2.24) is 4.90 Å². The Balaban J connectivity index is 1.58. The van der Waals surface area contributed by atoms with Crippen LogP contribution in [-0.4, -0.2) is 34.7 Å². The lowest BCUT2D eigenvalue weighted by Crippen LogP contribution is -2.54. The predicted molar refractivity (Wildman–Crippen MR) is 89.8 cm³/mol. The van der Waals surface area contributed by atoms with Gasteiger partial charge >= 0.3 is 5.88 Å². The average Bonchev–Trinajstić information content (AvgIpc) is 3.00. The summed E-state index contributed by atoms with van der Waals surface area (Å²) in [7, 11) is 0. The van der Waals surface area contributed by atoms with Crippen LogP contribution in [-0.2, 0) is 4.79 Å². The molecule has 1 aromatic heterocycles. The molecule has 0 spiro atoms. The summed E-state index contributed by atoms with van der Waals surface area (Å²) in [5.74, 6) is -1.85. The van der Waals surface area contributed by atoms with E-state index in [4.69, 9.17) is 27.6 Å². The molecule has 1 fully saturated rings. The minimum atomic E-state index is -0.724. The number of furan rings is 1. The highest BCUT2D eigenvalue weighted by molar-refractivity contribution is 6.44. The van der Waals surface area contributed by atoms with Crippen molar-refractivity contribution in [2.75, 3.05) is 18.4 Å². The Bertz CT molecular complexity index is 861. The van der Waals surface area contributed by atoms with E-state index < -0.39 is 22.6 Å². The van der Waals surface area contributed by atoms with Crippen LogP contribution in [0.25, 0.3) is 0 Å². The molecule has 130 valence electrons. The molecule has 2 amide bonds. The Morgan fingerprint density at radius 1 is 1.24 bits per heavy atom. The molecule has 2 heterocycles. The highest BCUT2D eigenvalue weighted by Crippen LogP contribution is 2.30. The third kappa shape index (κ3) is 3.45. The Labute approximate surface area is 151 Å². The van der Waals surface area contributed by atoms with Gasteiger partial charge in [0.05, 0.1) is 27.7 Å². The largest absolute Gasteiger partial charge is 0.433 e. The van der Waals surface area contributed by atoms with E-state index in [0.29, 0.717) is 10.7 Å². The van der Waals surface area contributed by atoms with E-state index >= 15 is 0 Å². The van der Waals surface area contributed by atoms with Crippen molar-refractivity contribution in [1.29, 1.82) is 0 Å². The number of carbonyl (C=O) groups excluding carboxylic acids is 2. The van der Waals surface area contributed by atoms with Gasteiger partial charge in [0.1, 0.15) is 4.92 Å². The number of nitrogens with zero attached hydrogens (tertiary/aromatic N) is 2. The van der Waals surface area contributed by atoms with Crippen LogP contribution in [0, 0.1) is 16.0 Å². The number of nitrogens with one attached hydrogen (secondary N) is 1. The number of likely N-dealkylation sites (tertiary alicyclic amines) is 1. The lowest BCUT2D eigenvalue weighted by atomic mass is 9.98. The molecule has 1 aliphatic rings. The third-order valence-corrected chi connectivity index (χ3v) is 4.55. The number of rotatable bonds is 4. The van der Waals surface area contributed by atoms with Crippen LogP contribution in [0.3, 0.4) is 0 Å². The number of benzene rings is 1. The number of hydrogen-bond acceptors (Lipinski definition) is 5. The summed E-state index contributed by atoms with van der Waals surface area (Å²) in [6, 6.07) is 7.23. The molecule has 2 aromatic rings. The van der Waals surface area contributed by atoms with Crippen LogP contribution in [0.1, 0.15) is 10.6 Å². The predicted octanol–water partition coefficient (Wildman–Crippen LogP) is 3.21. The van der Waals surface area contributed by atoms with Crippen LogP contribution >= 0.6 is 23.2 Å². The number of hydrogen-bond donors (Lipinski definition) is 1. The molecule has 0 bridgehead atoms. The van der Waals surface area contributed by atoms with Crippen LogP contribution < -0.4 is 5.32 Å². The van der Waals surface area contributed by atoms with Crippen molar-refractivity contribution in [2.24, 2.45) is 5.92 Å². The van der Waals surface area contributed by atoms with E-state index in [1.807, 2.05) is 0 Å². The molecule has 1 saturated heterocycles. The molecular formula is C15H11Cl2N3O5. The molecule has 1 aliphatic heterocycles. The first-order valence-electron chi connectivity index (χ1n) is 7.15. The van der Waals surface area contributed by atoms with E-state index in [1.54, 1.807) is 18.2 Å². The molecule has 8 nitrogen and oxygen atoms in total. The van der Waals surface area contributed by atoms with Gasteiger partial charge < -0.3 is 14.6 Å². The summed E-state index contributed by atoms with van der Waals surface area (Å²) in [5, 5.41) is 13.8. The molecule has 0 saturated carbocycles. The number of amides is 2. The summed E-state index contributed by atoms with van der Waals surface area (Å²) in [6.45, 7) is 0.356. The molecule has 25 heavy (non-hydrogen) atoms. The minimum Gasteiger partial charge on any atom is -0.395 e. The smallest absolute Gasteiger partial charge is 0.395 e. The molecule has 0 radical (unpaired) electrons. The van der Waals surface area contributed by atoms with E-state index in [0.717, 1.165) is 6.07 Å². The van der Waals surface area contributed by atoms with Crippen molar-refractivity contribution >= 4 is 46.6 Å². The summed E-state index contributed by atoms with van der Waals surface area (Å²) in [4.78, 5) is 35.5. The van der Waals surface area contributed by atoms with E-state index in [2.05, 4.69) is 5.32 Å². The molecule has 10 heteroatoms. The summed E-state index contributed by atoms with van der Waals surface area (Å²) < 4.78 is 4.86. The van der Waals surface area contributed by atoms with Gasteiger partial charge in [0, 0.05) is 13.1 Å². The second-order valence-electron chi connectivity index (χ2n) is 5.39. The first-order chi connectivity index (χ1) is 11.9. The molecular weight excluding hydrogens is 373 g/mol. The Morgan fingerprint density at radius 2 is 1.96 bits per heavy atom. The van der Waals surface area contributed by atoms with E-state index in [-0.39, 0.29) is 29.8 Å². The number of anilines is 1. The highest BCUT2D eigenvalue weighted by Gasteiger charge is 2.37. The van der Waals surface area contributed by atoms with Crippen molar-refractivity contribution in [3.63, 3.8) is 0 Å². The van der Waals surface area contributed by atoms with Crippen molar-refractivity contribution in [3.05, 3.63) is 56.3 Å². The van der Waals surface area contributed by atoms with E-state index in [1.165, 1.54) is 11.0 Å². The monoisotopic (exact) mass is 383 g/mol. The molecule has 1 N–H and O–H groups in total. The van der Waals surface area contributed by atoms with Crippen LogP contribution in [0.4, 0.5) is 11.6 Å². The fourth-order valence-corrected chi connectivity index (χ4v) is 2.69. The molecule has 0 unspecified atom stereocenters. The lowest BCUT2D eigenvalue weighted by molar-refractivity contribution is -0.402. The molecule has 0 aliphatic carbocycles. The zero-order chi connectivity index (χ0) is 18.1. The van der Waals surface area contributed by atoms with Gasteiger partial charge in [-0.05, 0) is 18.2 Å². The maximum atomic E-state index is 12.2. The van der Waals surface area contributed by atoms with E-state index in [9.17, 15) is 19.7 Å². The zero-order valence-electron chi connectivity index (χ0n) is 12.6. The summed E-state index contributed by atoms with van der Waals surface area (Å²) in [6.07, 6.45) is 0. The van der Waals surface area contributed by atoms with Crippen LogP contribution in [0.2, 0.25) is 10.0 Å². The summed E-state index contributed by atoms with van der Waals surface area (Å²) in [5.41, 5.74) is 0.394. The van der Waals surface area contributed by atoms with Gasteiger partial charge in [0.25, 0.3) is 5.91 Å². The van der Waals surface area contributed by atoms with Crippen molar-refractivity contribution in [2.45, 2.75) is 0 Å². The highest BCUT2D eigenvalue weighted by atomic mass is 35.5. The first-order valence-corrected chi connectivity index (χ1v) is 7.91. The normalized spacial score (nSPS) is 14.1. The zero-order valence-corrected chi connectivity index (χ0v) is 14.1. The Morgan fingerprint density at radius 3 is 2.60 bits per heavy atom. The van der Waals surface area contributed by atoms with Gasteiger partial charge in [-0.2, -0.15) is 0 Å². The van der Waals surface area contributed by atoms with Gasteiger partial charge in [-0.1, -0.05) is 29.3 Å². The SMILES string of the molecule is O=C(Nc1cccc(Cl)c1Cl)C1CN(C(=O)c2ccc([N+](=O)[O-])o2)C1. The second kappa shape index (κ2) is 6.73. The fraction of sp³-hybridized carbons (Fsp3) is 0.200. The van der Waals surface area contributed by atoms with Gasteiger partial charge in [-0.25, -0.2) is 0 Å². The fourth-order valence-electron chi connectivity index (χ4n) is 2.34. The minimum absolute atomic E-state index is 0.136. The van der Waals surface area contributed by atoms with Crippen molar-refractivity contribution in [3.8, 4) is 0 Å². The van der Waals surface area contributed by atoms with Crippen LogP contribution in [0.15, 0.2) is 34.7 Å². The van der Waals surface area contributed by atoms with Gasteiger partial charge in [0.15, 0.2) is 5.76 Å². The van der Waals surface area contributed by atoms with Gasteiger partial charge in [0.2, 0.25) is 5.91 Å². The first kappa shape index (κ1) is 17.2. The van der Waals surface area contributed by atoms with Gasteiger partial charge in [-0.15, -0.1) is 0 Å². The molecule has 1 aromatic carbocycles. The summed E-state index contributed by atoms with van der Waals surface area (Å²) >= 11 is 11.9.